The lowest BCUT2D eigenvalue weighted by Gasteiger charge is -2.32. The quantitative estimate of drug-likeness (QED) is 0.450. The van der Waals surface area contributed by atoms with Gasteiger partial charge in [0.25, 0.3) is 11.8 Å². The first-order chi connectivity index (χ1) is 17.5. The highest BCUT2D eigenvalue weighted by molar-refractivity contribution is 5.99. The number of anilines is 1. The Balaban J connectivity index is 1.21. The lowest BCUT2D eigenvalue weighted by atomic mass is 9.90. The van der Waals surface area contributed by atoms with E-state index in [0.29, 0.717) is 23.9 Å². The van der Waals surface area contributed by atoms with Crippen molar-refractivity contribution < 1.29 is 9.59 Å². The summed E-state index contributed by atoms with van der Waals surface area (Å²) in [6, 6.07) is 26.1. The van der Waals surface area contributed by atoms with Gasteiger partial charge in [-0.2, -0.15) is 0 Å². The predicted octanol–water partition coefficient (Wildman–Crippen LogP) is 6.00. The molecule has 0 aromatic heterocycles. The number of nitrogens with zero attached hydrogens (tertiary/aromatic N) is 2. The molecular weight excluding hydrogens is 446 g/mol. The van der Waals surface area contributed by atoms with Crippen LogP contribution in [0.4, 0.5) is 5.69 Å². The molecule has 5 heteroatoms. The highest BCUT2D eigenvalue weighted by Gasteiger charge is 2.36. The van der Waals surface area contributed by atoms with Crippen molar-refractivity contribution in [3.8, 4) is 0 Å². The van der Waals surface area contributed by atoms with Crippen molar-refractivity contribution in [3.63, 3.8) is 0 Å². The van der Waals surface area contributed by atoms with Gasteiger partial charge in [-0.1, -0.05) is 62.4 Å². The van der Waals surface area contributed by atoms with Crippen molar-refractivity contribution in [2.45, 2.75) is 39.3 Å². The Hall–Kier alpha value is -3.60. The zero-order valence-corrected chi connectivity index (χ0v) is 21.2. The van der Waals surface area contributed by atoms with Gasteiger partial charge in [-0.25, -0.2) is 0 Å². The van der Waals surface area contributed by atoms with Gasteiger partial charge >= 0.3 is 0 Å². The Bertz CT molecular complexity index is 1200. The second-order valence-electron chi connectivity index (χ2n) is 10.5. The average Bonchev–Trinajstić information content (AvgIpc) is 3.15. The fourth-order valence-corrected chi connectivity index (χ4v) is 5.44. The summed E-state index contributed by atoms with van der Waals surface area (Å²) < 4.78 is 0. The number of hydrogen-bond acceptors (Lipinski definition) is 3. The van der Waals surface area contributed by atoms with Crippen LogP contribution >= 0.6 is 0 Å². The molecule has 0 saturated carbocycles. The maximum Gasteiger partial charge on any atom is 0.256 e. The number of hydrogen-bond donors (Lipinski definition) is 1. The molecular formula is C31H35N3O2. The summed E-state index contributed by atoms with van der Waals surface area (Å²) in [5.74, 6) is 1.17. The largest absolute Gasteiger partial charge is 0.361 e. The van der Waals surface area contributed by atoms with Gasteiger partial charge in [-0.3, -0.25) is 9.59 Å². The van der Waals surface area contributed by atoms with E-state index in [4.69, 9.17) is 0 Å². The molecule has 5 rings (SSSR count). The molecule has 5 nitrogen and oxygen atoms in total. The molecule has 1 saturated heterocycles. The first-order valence-corrected chi connectivity index (χ1v) is 13.1. The molecule has 3 aromatic rings. The monoisotopic (exact) mass is 481 g/mol. The summed E-state index contributed by atoms with van der Waals surface area (Å²) in [5, 5.41) is 3.54. The third-order valence-electron chi connectivity index (χ3n) is 7.32. The molecule has 0 spiro atoms. The van der Waals surface area contributed by atoms with Gasteiger partial charge < -0.3 is 15.1 Å². The normalized spacial score (nSPS) is 18.0. The highest BCUT2D eigenvalue weighted by Crippen LogP contribution is 2.35. The number of carbonyl (C=O) groups is 2. The van der Waals surface area contributed by atoms with Crippen LogP contribution in [0.3, 0.4) is 0 Å². The summed E-state index contributed by atoms with van der Waals surface area (Å²) in [4.78, 5) is 30.1. The molecule has 3 aromatic carbocycles. The number of piperidine rings is 1. The molecule has 2 amide bonds. The van der Waals surface area contributed by atoms with Crippen molar-refractivity contribution in [3.05, 3.63) is 101 Å². The Labute approximate surface area is 214 Å². The fourth-order valence-electron chi connectivity index (χ4n) is 5.44. The van der Waals surface area contributed by atoms with E-state index < -0.39 is 0 Å². The second-order valence-corrected chi connectivity index (χ2v) is 10.5. The van der Waals surface area contributed by atoms with Crippen molar-refractivity contribution in [1.29, 1.82) is 0 Å². The number of rotatable bonds is 7. The van der Waals surface area contributed by atoms with E-state index in [-0.39, 0.29) is 18.0 Å². The molecule has 1 unspecified atom stereocenters. The molecule has 0 aliphatic carbocycles. The minimum Gasteiger partial charge on any atom is -0.361 e. The average molecular weight is 482 g/mol. The zero-order valence-electron chi connectivity index (χ0n) is 21.2. The third-order valence-corrected chi connectivity index (χ3v) is 7.32. The molecule has 0 bridgehead atoms. The van der Waals surface area contributed by atoms with Gasteiger partial charge in [-0.15, -0.1) is 0 Å². The molecule has 1 atom stereocenters. The van der Waals surface area contributed by atoms with E-state index >= 15 is 0 Å². The molecule has 1 fully saturated rings. The van der Waals surface area contributed by atoms with Crippen LogP contribution < -0.4 is 5.32 Å². The van der Waals surface area contributed by atoms with Crippen LogP contribution in [-0.2, 0) is 6.42 Å². The minimum absolute atomic E-state index is 0.0688. The van der Waals surface area contributed by atoms with E-state index in [0.717, 1.165) is 49.2 Å². The van der Waals surface area contributed by atoms with Crippen LogP contribution in [0.5, 0.6) is 0 Å². The summed E-state index contributed by atoms with van der Waals surface area (Å²) >= 11 is 0. The molecule has 2 heterocycles. The molecule has 2 aliphatic rings. The van der Waals surface area contributed by atoms with Crippen molar-refractivity contribution >= 4 is 17.5 Å². The Kier molecular flexibility index (Phi) is 7.08. The topological polar surface area (TPSA) is 52.7 Å². The second kappa shape index (κ2) is 10.6. The number of fused-ring (bicyclic) bond motifs is 1. The lowest BCUT2D eigenvalue weighted by molar-refractivity contribution is 0.0689. The number of benzene rings is 3. The minimum atomic E-state index is -0.207. The van der Waals surface area contributed by atoms with Gasteiger partial charge in [0.15, 0.2) is 0 Å². The summed E-state index contributed by atoms with van der Waals surface area (Å²) in [7, 11) is 0. The molecule has 36 heavy (non-hydrogen) atoms. The van der Waals surface area contributed by atoms with Crippen LogP contribution in [0.15, 0.2) is 78.9 Å². The maximum atomic E-state index is 13.2. The van der Waals surface area contributed by atoms with Gasteiger partial charge in [0, 0.05) is 42.0 Å². The highest BCUT2D eigenvalue weighted by atomic mass is 16.2. The molecule has 0 radical (unpaired) electrons. The lowest BCUT2D eigenvalue weighted by Crippen LogP contribution is -2.38. The third kappa shape index (κ3) is 5.15. The Morgan fingerprint density at radius 2 is 1.58 bits per heavy atom. The number of carbonyl (C=O) groups excluding carboxylic acids is 2. The van der Waals surface area contributed by atoms with Gasteiger partial charge in [-0.05, 0) is 67.0 Å². The molecule has 186 valence electrons. The van der Waals surface area contributed by atoms with E-state index in [2.05, 4.69) is 49.5 Å². The van der Waals surface area contributed by atoms with Crippen molar-refractivity contribution in [2.24, 2.45) is 11.8 Å². The van der Waals surface area contributed by atoms with Crippen LogP contribution in [0.25, 0.3) is 0 Å². The summed E-state index contributed by atoms with van der Waals surface area (Å²) in [6.07, 6.45) is 2.97. The molecule has 1 N–H and O–H groups in total. The fraction of sp³-hybridized carbons (Fsp3) is 0.355. The SMILES string of the molecule is CC(C)CN1C(=O)c2ccccc2C1Nc1ccc(C(=O)N2CCC(Cc3ccccc3)CC2)cc1. The van der Waals surface area contributed by atoms with E-state index in [1.165, 1.54) is 5.56 Å². The summed E-state index contributed by atoms with van der Waals surface area (Å²) in [6.45, 7) is 6.54. The first kappa shape index (κ1) is 24.1. The van der Waals surface area contributed by atoms with Crippen LogP contribution in [0.2, 0.25) is 0 Å². The Morgan fingerprint density at radius 1 is 0.917 bits per heavy atom. The van der Waals surface area contributed by atoms with Crippen molar-refractivity contribution in [1.82, 2.24) is 9.80 Å². The van der Waals surface area contributed by atoms with E-state index in [1.807, 2.05) is 58.3 Å². The zero-order chi connectivity index (χ0) is 25.1. The van der Waals surface area contributed by atoms with Crippen LogP contribution in [-0.4, -0.2) is 41.2 Å². The van der Waals surface area contributed by atoms with E-state index in [9.17, 15) is 9.59 Å². The van der Waals surface area contributed by atoms with Gasteiger partial charge in [0.05, 0.1) is 0 Å². The number of amides is 2. The predicted molar refractivity (Wildman–Crippen MR) is 144 cm³/mol. The van der Waals surface area contributed by atoms with E-state index in [1.54, 1.807) is 0 Å². The standard InChI is InChI=1S/C31H35N3O2/c1-22(2)21-34-29(27-10-6-7-11-28(27)31(34)36)32-26-14-12-25(13-15-26)30(35)33-18-16-24(17-19-33)20-23-8-4-3-5-9-23/h3-15,22,24,29,32H,16-21H2,1-2H3. The first-order valence-electron chi connectivity index (χ1n) is 13.1. The van der Waals surface area contributed by atoms with Crippen molar-refractivity contribution in [2.75, 3.05) is 25.0 Å². The smallest absolute Gasteiger partial charge is 0.256 e. The molecule has 2 aliphatic heterocycles. The number of likely N-dealkylation sites (tertiary alicyclic amines) is 1. The van der Waals surface area contributed by atoms with Gasteiger partial charge in [0.2, 0.25) is 0 Å². The summed E-state index contributed by atoms with van der Waals surface area (Å²) in [5.41, 5.74) is 4.75. The number of nitrogens with one attached hydrogen (secondary N) is 1. The van der Waals surface area contributed by atoms with Crippen LogP contribution in [0, 0.1) is 11.8 Å². The Morgan fingerprint density at radius 3 is 2.28 bits per heavy atom. The van der Waals surface area contributed by atoms with Crippen LogP contribution in [0.1, 0.15) is 64.7 Å². The maximum absolute atomic E-state index is 13.2. The van der Waals surface area contributed by atoms with Gasteiger partial charge in [0.1, 0.15) is 6.17 Å².